The number of benzene rings is 2. The molecule has 40 heavy (non-hydrogen) atoms. The molecule has 9 nitrogen and oxygen atoms in total. The lowest BCUT2D eigenvalue weighted by Gasteiger charge is -2.27. The van der Waals surface area contributed by atoms with E-state index in [2.05, 4.69) is 10.2 Å². The van der Waals surface area contributed by atoms with Crippen LogP contribution in [0.2, 0.25) is 5.02 Å². The van der Waals surface area contributed by atoms with Crippen molar-refractivity contribution >= 4 is 40.2 Å². The Morgan fingerprint density at radius 1 is 1.00 bits per heavy atom. The first-order valence-electron chi connectivity index (χ1n) is 13.5. The highest BCUT2D eigenvalue weighted by Gasteiger charge is 2.25. The first-order valence-corrected chi connectivity index (χ1v) is 13.9. The smallest absolute Gasteiger partial charge is 0.410 e. The van der Waals surface area contributed by atoms with E-state index in [-0.39, 0.29) is 24.1 Å². The Kier molecular flexibility index (Phi) is 8.44. The number of nitrogens with zero attached hydrogens (tertiary/aromatic N) is 4. The Bertz CT molecular complexity index is 1470. The van der Waals surface area contributed by atoms with Crippen molar-refractivity contribution in [2.45, 2.75) is 65.6 Å². The highest BCUT2D eigenvalue weighted by atomic mass is 35.5. The Labute approximate surface area is 240 Å². The normalized spacial score (nSPS) is 14.7. The molecule has 2 amide bonds. The number of fused-ring (bicyclic) bond motifs is 1. The average molecular weight is 568 g/mol. The lowest BCUT2D eigenvalue weighted by atomic mass is 10.1. The van der Waals surface area contributed by atoms with Crippen LogP contribution in [0.3, 0.4) is 0 Å². The van der Waals surface area contributed by atoms with Gasteiger partial charge in [-0.2, -0.15) is 0 Å². The van der Waals surface area contributed by atoms with Gasteiger partial charge in [0.1, 0.15) is 18.0 Å². The summed E-state index contributed by atoms with van der Waals surface area (Å²) in [6.45, 7) is 13.5. The average Bonchev–Trinajstić information content (AvgIpc) is 3.10. The molecule has 0 unspecified atom stereocenters. The van der Waals surface area contributed by atoms with Gasteiger partial charge in [0.2, 0.25) is 5.91 Å². The molecule has 10 heteroatoms. The number of hydrogen-bond donors (Lipinski definition) is 1. The molecule has 3 aromatic rings. The number of anilines is 1. The zero-order valence-corrected chi connectivity index (χ0v) is 24.8. The fraction of sp³-hybridized carbons (Fsp3) is 0.467. The van der Waals surface area contributed by atoms with E-state index in [0.29, 0.717) is 46.9 Å². The fourth-order valence-electron chi connectivity index (χ4n) is 4.69. The first kappa shape index (κ1) is 29.4. The van der Waals surface area contributed by atoms with E-state index in [0.717, 1.165) is 18.7 Å². The standard InChI is InChI=1S/C30H38ClN5O4/c1-29(2,3)33-25(37)19-36-26(20-9-7-10-21(31)17-20)32-24-12-11-22(18-23(24)27(36)38)34-13-8-14-35(16-15-34)28(39)40-30(4,5)6/h7,9-12,17-18H,8,13-16,19H2,1-6H3,(H,33,37). The molecule has 1 N–H and O–H groups in total. The summed E-state index contributed by atoms with van der Waals surface area (Å²) < 4.78 is 6.96. The van der Waals surface area contributed by atoms with E-state index in [4.69, 9.17) is 21.3 Å². The van der Waals surface area contributed by atoms with E-state index in [1.807, 2.05) is 65.8 Å². The third-order valence-corrected chi connectivity index (χ3v) is 6.58. The minimum Gasteiger partial charge on any atom is -0.444 e. The van der Waals surface area contributed by atoms with Gasteiger partial charge in [-0.1, -0.05) is 23.7 Å². The Morgan fingerprint density at radius 3 is 2.42 bits per heavy atom. The summed E-state index contributed by atoms with van der Waals surface area (Å²) in [6, 6.07) is 12.7. The van der Waals surface area contributed by atoms with Gasteiger partial charge < -0.3 is 19.9 Å². The lowest BCUT2D eigenvalue weighted by molar-refractivity contribution is -0.123. The summed E-state index contributed by atoms with van der Waals surface area (Å²) >= 11 is 6.25. The Morgan fingerprint density at radius 2 is 1.75 bits per heavy atom. The summed E-state index contributed by atoms with van der Waals surface area (Å²) in [6.07, 6.45) is 0.447. The molecule has 1 aliphatic heterocycles. The topological polar surface area (TPSA) is 96.8 Å². The van der Waals surface area contributed by atoms with Crippen molar-refractivity contribution in [3.63, 3.8) is 0 Å². The molecule has 1 aliphatic rings. The molecule has 0 spiro atoms. The van der Waals surface area contributed by atoms with Gasteiger partial charge in [-0.05, 0) is 78.3 Å². The number of amides is 2. The largest absolute Gasteiger partial charge is 0.444 e. The fourth-order valence-corrected chi connectivity index (χ4v) is 4.88. The van der Waals surface area contributed by atoms with Gasteiger partial charge in [-0.3, -0.25) is 14.2 Å². The molecule has 0 bridgehead atoms. The van der Waals surface area contributed by atoms with Gasteiger partial charge in [0.25, 0.3) is 5.56 Å². The molecule has 1 saturated heterocycles. The van der Waals surface area contributed by atoms with E-state index in [9.17, 15) is 14.4 Å². The third kappa shape index (κ3) is 7.33. The van der Waals surface area contributed by atoms with Crippen LogP contribution in [0.5, 0.6) is 0 Å². The van der Waals surface area contributed by atoms with Crippen molar-refractivity contribution in [1.82, 2.24) is 19.8 Å². The zero-order chi connectivity index (χ0) is 29.2. The number of hydrogen-bond acceptors (Lipinski definition) is 6. The second-order valence-corrected chi connectivity index (χ2v) is 12.6. The quantitative estimate of drug-likeness (QED) is 0.472. The number of carbonyl (C=O) groups is 2. The first-order chi connectivity index (χ1) is 18.7. The maximum absolute atomic E-state index is 13.9. The maximum atomic E-state index is 13.9. The predicted octanol–water partition coefficient (Wildman–Crippen LogP) is 5.08. The van der Waals surface area contributed by atoms with E-state index in [1.165, 1.54) is 4.57 Å². The van der Waals surface area contributed by atoms with E-state index in [1.54, 1.807) is 23.1 Å². The molecular weight excluding hydrogens is 530 g/mol. The van der Waals surface area contributed by atoms with Crippen LogP contribution < -0.4 is 15.8 Å². The molecule has 0 saturated carbocycles. The van der Waals surface area contributed by atoms with Crippen LogP contribution >= 0.6 is 11.6 Å². The molecule has 4 rings (SSSR count). The molecule has 0 atom stereocenters. The summed E-state index contributed by atoms with van der Waals surface area (Å²) in [7, 11) is 0. The van der Waals surface area contributed by atoms with Crippen LogP contribution in [-0.4, -0.2) is 63.8 Å². The highest BCUT2D eigenvalue weighted by molar-refractivity contribution is 6.30. The molecule has 2 heterocycles. The number of rotatable bonds is 4. The van der Waals surface area contributed by atoms with Crippen molar-refractivity contribution in [2.75, 3.05) is 31.1 Å². The van der Waals surface area contributed by atoms with Crippen LogP contribution in [-0.2, 0) is 16.1 Å². The van der Waals surface area contributed by atoms with Crippen molar-refractivity contribution < 1.29 is 14.3 Å². The van der Waals surface area contributed by atoms with Crippen LogP contribution in [0.1, 0.15) is 48.0 Å². The van der Waals surface area contributed by atoms with E-state index < -0.39 is 11.1 Å². The van der Waals surface area contributed by atoms with Crippen molar-refractivity contribution in [3.8, 4) is 11.4 Å². The van der Waals surface area contributed by atoms with Crippen molar-refractivity contribution in [2.24, 2.45) is 0 Å². The van der Waals surface area contributed by atoms with Gasteiger partial charge in [0.15, 0.2) is 0 Å². The van der Waals surface area contributed by atoms with Gasteiger partial charge in [0.05, 0.1) is 10.9 Å². The van der Waals surface area contributed by atoms with Gasteiger partial charge in [-0.25, -0.2) is 9.78 Å². The highest BCUT2D eigenvalue weighted by Crippen LogP contribution is 2.25. The lowest BCUT2D eigenvalue weighted by Crippen LogP contribution is -2.43. The molecule has 1 fully saturated rings. The van der Waals surface area contributed by atoms with Gasteiger partial charge in [0, 0.05) is 48.0 Å². The molecule has 0 radical (unpaired) electrons. The predicted molar refractivity (Wildman–Crippen MR) is 159 cm³/mol. The molecule has 2 aromatic carbocycles. The summed E-state index contributed by atoms with van der Waals surface area (Å²) in [4.78, 5) is 48.1. The number of carbonyl (C=O) groups excluding carboxylic acids is 2. The maximum Gasteiger partial charge on any atom is 0.410 e. The van der Waals surface area contributed by atoms with Crippen LogP contribution in [0.4, 0.5) is 10.5 Å². The van der Waals surface area contributed by atoms with E-state index >= 15 is 0 Å². The Balaban J connectivity index is 1.69. The monoisotopic (exact) mass is 567 g/mol. The number of halogens is 1. The third-order valence-electron chi connectivity index (χ3n) is 6.35. The van der Waals surface area contributed by atoms with Crippen molar-refractivity contribution in [1.29, 1.82) is 0 Å². The van der Waals surface area contributed by atoms with Crippen molar-refractivity contribution in [3.05, 3.63) is 57.8 Å². The van der Waals surface area contributed by atoms with Gasteiger partial charge >= 0.3 is 6.09 Å². The SMILES string of the molecule is CC(C)(C)NC(=O)Cn1c(-c2cccc(Cl)c2)nc2ccc(N3CCCN(C(=O)OC(C)(C)C)CC3)cc2c1=O. The summed E-state index contributed by atoms with van der Waals surface area (Å²) in [5.74, 6) is 0.0875. The summed E-state index contributed by atoms with van der Waals surface area (Å²) in [5, 5.41) is 3.85. The summed E-state index contributed by atoms with van der Waals surface area (Å²) in [5.41, 5.74) is 0.723. The van der Waals surface area contributed by atoms with Crippen LogP contribution in [0, 0.1) is 0 Å². The minimum absolute atomic E-state index is 0.181. The zero-order valence-electron chi connectivity index (χ0n) is 24.1. The second kappa shape index (κ2) is 11.5. The second-order valence-electron chi connectivity index (χ2n) is 12.1. The molecular formula is C30H38ClN5O4. The number of nitrogens with one attached hydrogen (secondary N) is 1. The van der Waals surface area contributed by atoms with Crippen LogP contribution in [0.25, 0.3) is 22.3 Å². The number of aromatic nitrogens is 2. The minimum atomic E-state index is -0.554. The molecule has 0 aliphatic carbocycles. The van der Waals surface area contributed by atoms with Gasteiger partial charge in [-0.15, -0.1) is 0 Å². The molecule has 214 valence electrons. The number of ether oxygens (including phenoxy) is 1. The molecule has 1 aromatic heterocycles. The Hall–Kier alpha value is -3.59. The van der Waals surface area contributed by atoms with Crippen LogP contribution in [0.15, 0.2) is 47.3 Å².